The molecule has 1 aromatic carbocycles. The molecule has 2 N–H and O–H groups in total. The van der Waals surface area contributed by atoms with Gasteiger partial charge in [0.1, 0.15) is 0 Å². The molecule has 1 atom stereocenters. The summed E-state index contributed by atoms with van der Waals surface area (Å²) < 4.78 is 0. The van der Waals surface area contributed by atoms with Gasteiger partial charge in [0.05, 0.1) is 0 Å². The van der Waals surface area contributed by atoms with E-state index in [1.807, 2.05) is 18.2 Å². The Morgan fingerprint density at radius 1 is 1.50 bits per heavy atom. The molecule has 20 heavy (non-hydrogen) atoms. The quantitative estimate of drug-likeness (QED) is 0.878. The van der Waals surface area contributed by atoms with Crippen LogP contribution in [0.25, 0.3) is 0 Å². The third kappa shape index (κ3) is 2.80. The van der Waals surface area contributed by atoms with Gasteiger partial charge in [-0.05, 0) is 55.6 Å². The van der Waals surface area contributed by atoms with Gasteiger partial charge in [-0.1, -0.05) is 6.92 Å². The van der Waals surface area contributed by atoms with Crippen molar-refractivity contribution in [3.63, 3.8) is 0 Å². The first kappa shape index (κ1) is 13.4. The molecule has 0 spiro atoms. The Kier molecular flexibility index (Phi) is 3.92. The van der Waals surface area contributed by atoms with E-state index in [4.69, 9.17) is 0 Å². The average molecular weight is 273 g/mol. The van der Waals surface area contributed by atoms with Crippen LogP contribution >= 0.6 is 0 Å². The van der Waals surface area contributed by atoms with E-state index in [0.29, 0.717) is 5.92 Å². The molecule has 2 aliphatic heterocycles. The number of benzene rings is 1. The van der Waals surface area contributed by atoms with E-state index in [2.05, 4.69) is 22.5 Å². The Balaban J connectivity index is 1.54. The number of likely N-dealkylation sites (tertiary alicyclic amines) is 1. The van der Waals surface area contributed by atoms with E-state index >= 15 is 0 Å². The number of nitrogens with one attached hydrogen (secondary N) is 2. The molecule has 0 unspecified atom stereocenters. The third-order valence-electron chi connectivity index (χ3n) is 4.45. The van der Waals surface area contributed by atoms with Gasteiger partial charge in [-0.2, -0.15) is 0 Å². The lowest BCUT2D eigenvalue weighted by Crippen LogP contribution is -2.31. The minimum Gasteiger partial charge on any atom is -0.384 e. The lowest BCUT2D eigenvalue weighted by atomic mass is 10.1. The highest BCUT2D eigenvalue weighted by atomic mass is 16.1. The zero-order chi connectivity index (χ0) is 13.9. The molecule has 0 saturated carbocycles. The number of anilines is 1. The van der Waals surface area contributed by atoms with Crippen molar-refractivity contribution in [3.8, 4) is 0 Å². The van der Waals surface area contributed by atoms with E-state index in [-0.39, 0.29) is 5.91 Å². The molecule has 4 heteroatoms. The molecule has 4 nitrogen and oxygen atoms in total. The summed E-state index contributed by atoms with van der Waals surface area (Å²) in [6.07, 6.45) is 2.22. The first-order valence-electron chi connectivity index (χ1n) is 7.63. The summed E-state index contributed by atoms with van der Waals surface area (Å²) in [4.78, 5) is 14.6. The number of fused-ring (bicyclic) bond motifs is 1. The number of amides is 1. The molecule has 1 fully saturated rings. The second kappa shape index (κ2) is 5.83. The molecule has 0 bridgehead atoms. The monoisotopic (exact) mass is 273 g/mol. The highest BCUT2D eigenvalue weighted by molar-refractivity contribution is 5.95. The molecular weight excluding hydrogens is 250 g/mol. The number of hydrogen-bond acceptors (Lipinski definition) is 3. The first-order valence-corrected chi connectivity index (χ1v) is 7.63. The molecule has 108 valence electrons. The average Bonchev–Trinajstić information content (AvgIpc) is 3.12. The van der Waals surface area contributed by atoms with Crippen LogP contribution in [-0.4, -0.2) is 43.5 Å². The Labute approximate surface area is 120 Å². The SMILES string of the molecule is CCN1CC[C@@H](CNC(=O)c2ccc3c(c2)CCN3)C1. The van der Waals surface area contributed by atoms with Gasteiger partial charge in [-0.25, -0.2) is 0 Å². The molecule has 1 aromatic rings. The van der Waals surface area contributed by atoms with Crippen LogP contribution in [0.5, 0.6) is 0 Å². The summed E-state index contributed by atoms with van der Waals surface area (Å²) in [7, 11) is 0. The van der Waals surface area contributed by atoms with Crippen molar-refractivity contribution in [1.82, 2.24) is 10.2 Å². The van der Waals surface area contributed by atoms with E-state index in [1.165, 1.54) is 24.2 Å². The second-order valence-electron chi connectivity index (χ2n) is 5.81. The van der Waals surface area contributed by atoms with Crippen LogP contribution in [0.4, 0.5) is 5.69 Å². The van der Waals surface area contributed by atoms with Gasteiger partial charge in [-0.3, -0.25) is 4.79 Å². The van der Waals surface area contributed by atoms with Gasteiger partial charge in [-0.15, -0.1) is 0 Å². The highest BCUT2D eigenvalue weighted by Crippen LogP contribution is 2.23. The smallest absolute Gasteiger partial charge is 0.251 e. The molecule has 2 aliphatic rings. The van der Waals surface area contributed by atoms with E-state index in [1.54, 1.807) is 0 Å². The van der Waals surface area contributed by atoms with Crippen molar-refractivity contribution in [2.45, 2.75) is 19.8 Å². The van der Waals surface area contributed by atoms with E-state index in [0.717, 1.165) is 38.2 Å². The van der Waals surface area contributed by atoms with Crippen molar-refractivity contribution in [2.24, 2.45) is 5.92 Å². The standard InChI is InChI=1S/C16H23N3O/c1-2-19-8-6-12(11-19)10-18-16(20)14-3-4-15-13(9-14)5-7-17-15/h3-4,9,12,17H,2,5-8,10-11H2,1H3,(H,18,20)/t12-/m0/s1. The zero-order valence-electron chi connectivity index (χ0n) is 12.1. The number of carbonyl (C=O) groups is 1. The van der Waals surface area contributed by atoms with E-state index < -0.39 is 0 Å². The Bertz CT molecular complexity index is 500. The number of nitrogens with zero attached hydrogens (tertiary/aromatic N) is 1. The van der Waals surface area contributed by atoms with Crippen LogP contribution < -0.4 is 10.6 Å². The Morgan fingerprint density at radius 3 is 3.20 bits per heavy atom. The second-order valence-corrected chi connectivity index (χ2v) is 5.81. The number of hydrogen-bond donors (Lipinski definition) is 2. The van der Waals surface area contributed by atoms with Crippen LogP contribution in [-0.2, 0) is 6.42 Å². The maximum absolute atomic E-state index is 12.2. The summed E-state index contributed by atoms with van der Waals surface area (Å²) in [6, 6.07) is 5.96. The molecule has 2 heterocycles. The van der Waals surface area contributed by atoms with Crippen LogP contribution in [0, 0.1) is 5.92 Å². The topological polar surface area (TPSA) is 44.4 Å². The first-order chi connectivity index (χ1) is 9.76. The minimum atomic E-state index is 0.0645. The summed E-state index contributed by atoms with van der Waals surface area (Å²) in [5.41, 5.74) is 3.23. The fraction of sp³-hybridized carbons (Fsp3) is 0.562. The molecule has 1 saturated heterocycles. The lowest BCUT2D eigenvalue weighted by Gasteiger charge is -2.14. The highest BCUT2D eigenvalue weighted by Gasteiger charge is 2.21. The van der Waals surface area contributed by atoms with Gasteiger partial charge in [0, 0.05) is 30.9 Å². The van der Waals surface area contributed by atoms with Crippen molar-refractivity contribution in [3.05, 3.63) is 29.3 Å². The largest absolute Gasteiger partial charge is 0.384 e. The van der Waals surface area contributed by atoms with Gasteiger partial charge < -0.3 is 15.5 Å². The van der Waals surface area contributed by atoms with Crippen molar-refractivity contribution in [2.75, 3.05) is 38.0 Å². The van der Waals surface area contributed by atoms with Gasteiger partial charge in [0.15, 0.2) is 0 Å². The third-order valence-corrected chi connectivity index (χ3v) is 4.45. The Hall–Kier alpha value is -1.55. The summed E-state index contributed by atoms with van der Waals surface area (Å²) >= 11 is 0. The molecule has 0 aromatic heterocycles. The predicted molar refractivity (Wildman–Crippen MR) is 81.2 cm³/mol. The van der Waals surface area contributed by atoms with Crippen LogP contribution in [0.3, 0.4) is 0 Å². The summed E-state index contributed by atoms with van der Waals surface area (Å²) in [6.45, 7) is 7.37. The fourth-order valence-corrected chi connectivity index (χ4v) is 3.15. The molecule has 1 amide bonds. The predicted octanol–water partition coefficient (Wildman–Crippen LogP) is 1.73. The van der Waals surface area contributed by atoms with Crippen LogP contribution in [0.1, 0.15) is 29.3 Å². The molecular formula is C16H23N3O. The summed E-state index contributed by atoms with van der Waals surface area (Å²) in [5, 5.41) is 6.41. The number of rotatable bonds is 4. The maximum Gasteiger partial charge on any atom is 0.251 e. The van der Waals surface area contributed by atoms with Crippen molar-refractivity contribution >= 4 is 11.6 Å². The molecule has 0 aliphatic carbocycles. The normalized spacial score (nSPS) is 21.6. The van der Waals surface area contributed by atoms with Crippen molar-refractivity contribution < 1.29 is 4.79 Å². The summed E-state index contributed by atoms with van der Waals surface area (Å²) in [5.74, 6) is 0.671. The number of carbonyl (C=O) groups excluding carboxylic acids is 1. The van der Waals surface area contributed by atoms with Gasteiger partial charge in [0.2, 0.25) is 0 Å². The Morgan fingerprint density at radius 2 is 2.40 bits per heavy atom. The molecule has 0 radical (unpaired) electrons. The van der Waals surface area contributed by atoms with Crippen LogP contribution in [0.2, 0.25) is 0 Å². The van der Waals surface area contributed by atoms with Crippen LogP contribution in [0.15, 0.2) is 18.2 Å². The minimum absolute atomic E-state index is 0.0645. The van der Waals surface area contributed by atoms with Gasteiger partial charge >= 0.3 is 0 Å². The zero-order valence-corrected chi connectivity index (χ0v) is 12.1. The van der Waals surface area contributed by atoms with Gasteiger partial charge in [0.25, 0.3) is 5.91 Å². The molecule has 3 rings (SSSR count). The van der Waals surface area contributed by atoms with Crippen molar-refractivity contribution in [1.29, 1.82) is 0 Å². The van der Waals surface area contributed by atoms with E-state index in [9.17, 15) is 4.79 Å². The fourth-order valence-electron chi connectivity index (χ4n) is 3.15. The lowest BCUT2D eigenvalue weighted by molar-refractivity contribution is 0.0947. The maximum atomic E-state index is 12.2.